The fourth-order valence-corrected chi connectivity index (χ4v) is 1.96. The molecule has 0 radical (unpaired) electrons. The number of methoxy groups -OCH3 is 2. The van der Waals surface area contributed by atoms with Crippen LogP contribution < -0.4 is 14.8 Å². The molecule has 1 atom stereocenters. The van der Waals surface area contributed by atoms with Crippen LogP contribution in [0.3, 0.4) is 0 Å². The molecule has 0 aliphatic heterocycles. The number of benzene rings is 1. The zero-order valence-electron chi connectivity index (χ0n) is 12.1. The molecule has 0 amide bonds. The minimum Gasteiger partial charge on any atom is -0.497 e. The summed E-state index contributed by atoms with van der Waals surface area (Å²) >= 11 is 0. The Morgan fingerprint density at radius 2 is 1.89 bits per heavy atom. The van der Waals surface area contributed by atoms with Crippen LogP contribution in [-0.4, -0.2) is 20.8 Å². The topological polar surface area (TPSA) is 30.5 Å². The lowest BCUT2D eigenvalue weighted by Crippen LogP contribution is -2.25. The fourth-order valence-electron chi connectivity index (χ4n) is 1.96. The van der Waals surface area contributed by atoms with Crippen LogP contribution in [-0.2, 0) is 0 Å². The first-order chi connectivity index (χ1) is 8.62. The molecule has 1 aromatic carbocycles. The smallest absolute Gasteiger partial charge is 0.123 e. The van der Waals surface area contributed by atoms with E-state index in [-0.39, 0.29) is 0 Å². The summed E-state index contributed by atoms with van der Waals surface area (Å²) in [5.74, 6) is 2.42. The summed E-state index contributed by atoms with van der Waals surface area (Å²) in [4.78, 5) is 0. The van der Waals surface area contributed by atoms with Crippen molar-refractivity contribution in [2.24, 2.45) is 5.92 Å². The number of ether oxygens (including phenoxy) is 2. The highest BCUT2D eigenvalue weighted by Gasteiger charge is 2.15. The summed E-state index contributed by atoms with van der Waals surface area (Å²) in [6.45, 7) is 7.60. The van der Waals surface area contributed by atoms with Gasteiger partial charge in [-0.05, 0) is 37.1 Å². The Kier molecular flexibility index (Phi) is 5.99. The van der Waals surface area contributed by atoms with E-state index in [9.17, 15) is 0 Å². The van der Waals surface area contributed by atoms with Crippen molar-refractivity contribution >= 4 is 0 Å². The van der Waals surface area contributed by atoms with Crippen molar-refractivity contribution in [2.45, 2.75) is 33.2 Å². The maximum atomic E-state index is 5.44. The molecule has 0 heterocycles. The van der Waals surface area contributed by atoms with Crippen molar-refractivity contribution in [3.05, 3.63) is 23.8 Å². The van der Waals surface area contributed by atoms with Gasteiger partial charge in [0.2, 0.25) is 0 Å². The number of nitrogens with one attached hydrogen (secondary N) is 1. The molecule has 0 saturated carbocycles. The van der Waals surface area contributed by atoms with Gasteiger partial charge in [-0.25, -0.2) is 0 Å². The summed E-state index contributed by atoms with van der Waals surface area (Å²) in [6, 6.07) is 6.25. The van der Waals surface area contributed by atoms with Gasteiger partial charge in [-0.15, -0.1) is 0 Å². The third-order valence-electron chi connectivity index (χ3n) is 2.99. The van der Waals surface area contributed by atoms with E-state index in [2.05, 4.69) is 32.2 Å². The second-order valence-corrected chi connectivity index (χ2v) is 4.87. The third kappa shape index (κ3) is 3.91. The molecule has 3 heteroatoms. The fraction of sp³-hybridized carbons (Fsp3) is 0.600. The van der Waals surface area contributed by atoms with Crippen molar-refractivity contribution in [2.75, 3.05) is 20.8 Å². The van der Waals surface area contributed by atoms with Gasteiger partial charge in [0.1, 0.15) is 11.5 Å². The van der Waals surface area contributed by atoms with E-state index in [4.69, 9.17) is 9.47 Å². The Morgan fingerprint density at radius 1 is 1.17 bits per heavy atom. The van der Waals surface area contributed by atoms with E-state index in [1.807, 2.05) is 12.1 Å². The normalized spacial score (nSPS) is 12.6. The highest BCUT2D eigenvalue weighted by Crippen LogP contribution is 2.30. The minimum absolute atomic E-state index is 0.303. The minimum atomic E-state index is 0.303. The molecule has 0 aromatic heterocycles. The highest BCUT2D eigenvalue weighted by molar-refractivity contribution is 5.42. The summed E-state index contributed by atoms with van der Waals surface area (Å²) in [6.07, 6.45) is 1.02. The van der Waals surface area contributed by atoms with Gasteiger partial charge in [0.15, 0.2) is 0 Å². The zero-order chi connectivity index (χ0) is 13.5. The first kappa shape index (κ1) is 14.8. The maximum absolute atomic E-state index is 5.44. The van der Waals surface area contributed by atoms with Gasteiger partial charge >= 0.3 is 0 Å². The molecule has 18 heavy (non-hydrogen) atoms. The zero-order valence-corrected chi connectivity index (χ0v) is 12.1. The number of rotatable bonds is 7. The second kappa shape index (κ2) is 7.27. The molecule has 0 bridgehead atoms. The predicted molar refractivity (Wildman–Crippen MR) is 75.4 cm³/mol. The van der Waals surface area contributed by atoms with Crippen LogP contribution in [0.1, 0.15) is 38.8 Å². The van der Waals surface area contributed by atoms with Gasteiger partial charge < -0.3 is 14.8 Å². The molecule has 0 fully saturated rings. The number of hydrogen-bond acceptors (Lipinski definition) is 3. The average Bonchev–Trinajstić information content (AvgIpc) is 2.38. The lowest BCUT2D eigenvalue weighted by molar-refractivity contribution is 0.383. The predicted octanol–water partition coefficient (Wildman–Crippen LogP) is 3.40. The summed E-state index contributed by atoms with van der Waals surface area (Å²) in [7, 11) is 3.40. The Bertz CT molecular complexity index is 364. The second-order valence-electron chi connectivity index (χ2n) is 4.87. The Hall–Kier alpha value is -1.22. The summed E-state index contributed by atoms with van der Waals surface area (Å²) in [5.41, 5.74) is 1.17. The average molecular weight is 251 g/mol. The first-order valence-electron chi connectivity index (χ1n) is 6.57. The SMILES string of the molecule is CC[C@H](NCC(C)C)c1cc(OC)ccc1OC. The van der Waals surface area contributed by atoms with Gasteiger partial charge in [0, 0.05) is 11.6 Å². The molecular weight excluding hydrogens is 226 g/mol. The van der Waals surface area contributed by atoms with Crippen LogP contribution in [0.2, 0.25) is 0 Å². The Labute approximate surface area is 110 Å². The van der Waals surface area contributed by atoms with Gasteiger partial charge in [-0.2, -0.15) is 0 Å². The van der Waals surface area contributed by atoms with Crippen LogP contribution in [0.5, 0.6) is 11.5 Å². The van der Waals surface area contributed by atoms with Crippen LogP contribution in [0.4, 0.5) is 0 Å². The summed E-state index contributed by atoms with van der Waals surface area (Å²) < 4.78 is 10.7. The van der Waals surface area contributed by atoms with Crippen LogP contribution >= 0.6 is 0 Å². The Balaban J connectivity index is 2.94. The standard InChI is InChI=1S/C15H25NO2/c1-6-14(16-10-11(2)3)13-9-12(17-4)7-8-15(13)18-5/h7-9,11,14,16H,6,10H2,1-5H3/t14-/m0/s1. The first-order valence-corrected chi connectivity index (χ1v) is 6.57. The van der Waals surface area contributed by atoms with Crippen LogP contribution in [0.15, 0.2) is 18.2 Å². The molecule has 0 unspecified atom stereocenters. The van der Waals surface area contributed by atoms with E-state index in [0.29, 0.717) is 12.0 Å². The molecular formula is C15H25NO2. The lowest BCUT2D eigenvalue weighted by atomic mass is 10.0. The van der Waals surface area contributed by atoms with E-state index in [1.165, 1.54) is 5.56 Å². The molecule has 3 nitrogen and oxygen atoms in total. The molecule has 102 valence electrons. The molecule has 0 aliphatic rings. The van der Waals surface area contributed by atoms with Crippen LogP contribution in [0, 0.1) is 5.92 Å². The summed E-state index contributed by atoms with van der Waals surface area (Å²) in [5, 5.41) is 3.58. The quantitative estimate of drug-likeness (QED) is 0.805. The largest absolute Gasteiger partial charge is 0.497 e. The van der Waals surface area contributed by atoms with E-state index in [0.717, 1.165) is 24.5 Å². The lowest BCUT2D eigenvalue weighted by Gasteiger charge is -2.21. The van der Waals surface area contributed by atoms with Gasteiger partial charge in [0.05, 0.1) is 14.2 Å². The van der Waals surface area contributed by atoms with Crippen molar-refractivity contribution in [3.63, 3.8) is 0 Å². The number of hydrogen-bond donors (Lipinski definition) is 1. The van der Waals surface area contributed by atoms with Crippen molar-refractivity contribution < 1.29 is 9.47 Å². The third-order valence-corrected chi connectivity index (χ3v) is 2.99. The Morgan fingerprint density at radius 3 is 2.39 bits per heavy atom. The van der Waals surface area contributed by atoms with Gasteiger partial charge in [-0.1, -0.05) is 20.8 Å². The van der Waals surface area contributed by atoms with Gasteiger partial charge in [-0.3, -0.25) is 0 Å². The molecule has 1 aromatic rings. The van der Waals surface area contributed by atoms with Gasteiger partial charge in [0.25, 0.3) is 0 Å². The molecule has 0 saturated heterocycles. The van der Waals surface area contributed by atoms with Crippen LogP contribution in [0.25, 0.3) is 0 Å². The molecule has 0 aliphatic carbocycles. The maximum Gasteiger partial charge on any atom is 0.123 e. The molecule has 1 N–H and O–H groups in total. The van der Waals surface area contributed by atoms with E-state index >= 15 is 0 Å². The van der Waals surface area contributed by atoms with E-state index in [1.54, 1.807) is 14.2 Å². The van der Waals surface area contributed by atoms with E-state index < -0.39 is 0 Å². The highest BCUT2D eigenvalue weighted by atomic mass is 16.5. The molecule has 0 spiro atoms. The van der Waals surface area contributed by atoms with Crippen molar-refractivity contribution in [1.82, 2.24) is 5.32 Å². The van der Waals surface area contributed by atoms with Crippen molar-refractivity contribution in [1.29, 1.82) is 0 Å². The van der Waals surface area contributed by atoms with Crippen molar-refractivity contribution in [3.8, 4) is 11.5 Å². The molecule has 1 rings (SSSR count). The monoisotopic (exact) mass is 251 g/mol.